The van der Waals surface area contributed by atoms with Gasteiger partial charge in [-0.05, 0) is 40.1 Å². The van der Waals surface area contributed by atoms with E-state index in [1.165, 1.54) is 0 Å². The Morgan fingerprint density at radius 2 is 1.90 bits per heavy atom. The number of anilines is 1. The highest BCUT2D eigenvalue weighted by atomic mass is 16.5. The summed E-state index contributed by atoms with van der Waals surface area (Å²) in [7, 11) is 1.75. The Balaban J connectivity index is 1.55. The van der Waals surface area contributed by atoms with Gasteiger partial charge in [0.1, 0.15) is 12.4 Å². The SMILES string of the molecule is Cn1nnnc1-n1c(OCc2cccc(NC(=O)CC(C)(C)C)n2)nc2ccccc21. The summed E-state index contributed by atoms with van der Waals surface area (Å²) in [6, 6.07) is 13.4. The number of fused-ring (bicyclic) bond motifs is 1. The lowest BCUT2D eigenvalue weighted by molar-refractivity contribution is -0.117. The molecule has 1 aromatic carbocycles. The van der Waals surface area contributed by atoms with Gasteiger partial charge in [-0.3, -0.25) is 4.79 Å². The number of aromatic nitrogens is 7. The zero-order valence-electron chi connectivity index (χ0n) is 17.9. The first kappa shape index (κ1) is 20.5. The summed E-state index contributed by atoms with van der Waals surface area (Å²) >= 11 is 0. The topological polar surface area (TPSA) is 113 Å². The van der Waals surface area contributed by atoms with E-state index in [9.17, 15) is 4.79 Å². The number of nitrogens with zero attached hydrogens (tertiary/aromatic N) is 7. The van der Waals surface area contributed by atoms with Crippen LogP contribution in [0.25, 0.3) is 17.0 Å². The van der Waals surface area contributed by atoms with Crippen molar-refractivity contribution in [2.75, 3.05) is 5.32 Å². The van der Waals surface area contributed by atoms with E-state index in [-0.39, 0.29) is 17.9 Å². The van der Waals surface area contributed by atoms with Crippen LogP contribution in [0, 0.1) is 5.41 Å². The minimum absolute atomic E-state index is 0.0744. The standard InChI is InChI=1S/C21H24N8O2/c1-21(2,3)12-18(30)24-17-11-7-8-14(22-17)13-31-20-23-15-9-5-6-10-16(15)29(20)19-25-26-27-28(19)4/h5-11H,12-13H2,1-4H3,(H,22,24,30). The van der Waals surface area contributed by atoms with E-state index >= 15 is 0 Å². The highest BCUT2D eigenvalue weighted by Gasteiger charge is 2.19. The number of hydrogen-bond acceptors (Lipinski definition) is 7. The lowest BCUT2D eigenvalue weighted by atomic mass is 9.92. The normalized spacial score (nSPS) is 11.6. The number of pyridine rings is 1. The van der Waals surface area contributed by atoms with Crippen LogP contribution in [-0.2, 0) is 18.4 Å². The maximum atomic E-state index is 12.2. The molecule has 0 spiro atoms. The van der Waals surface area contributed by atoms with Gasteiger partial charge in [0, 0.05) is 13.5 Å². The minimum Gasteiger partial charge on any atom is -0.458 e. The van der Waals surface area contributed by atoms with Crippen LogP contribution in [0.2, 0.25) is 0 Å². The van der Waals surface area contributed by atoms with Gasteiger partial charge in [0.25, 0.3) is 5.95 Å². The third-order valence-electron chi connectivity index (χ3n) is 4.44. The van der Waals surface area contributed by atoms with Gasteiger partial charge in [-0.15, -0.1) is 0 Å². The number of nitrogens with one attached hydrogen (secondary N) is 1. The molecule has 10 nitrogen and oxygen atoms in total. The molecule has 0 fully saturated rings. The Hall–Kier alpha value is -3.82. The fraction of sp³-hybridized carbons (Fsp3) is 0.333. The van der Waals surface area contributed by atoms with E-state index in [4.69, 9.17) is 4.74 Å². The quantitative estimate of drug-likeness (QED) is 0.510. The summed E-state index contributed by atoms with van der Waals surface area (Å²) < 4.78 is 9.30. The van der Waals surface area contributed by atoms with Crippen LogP contribution < -0.4 is 10.1 Å². The Bertz CT molecular complexity index is 1220. The Kier molecular flexibility index (Phi) is 5.37. The molecule has 0 saturated carbocycles. The Morgan fingerprint density at radius 1 is 1.10 bits per heavy atom. The third-order valence-corrected chi connectivity index (χ3v) is 4.44. The maximum absolute atomic E-state index is 12.2. The van der Waals surface area contributed by atoms with Crippen molar-refractivity contribution in [2.24, 2.45) is 12.5 Å². The van der Waals surface area contributed by atoms with Crippen LogP contribution in [0.3, 0.4) is 0 Å². The second-order valence-corrected chi connectivity index (χ2v) is 8.41. The number of amides is 1. The Morgan fingerprint density at radius 3 is 2.65 bits per heavy atom. The molecule has 0 unspecified atom stereocenters. The molecular formula is C21H24N8O2. The molecule has 0 aliphatic heterocycles. The van der Waals surface area contributed by atoms with E-state index in [0.29, 0.717) is 29.9 Å². The summed E-state index contributed by atoms with van der Waals surface area (Å²) in [5, 5.41) is 14.5. The summed E-state index contributed by atoms with van der Waals surface area (Å²) in [6.07, 6.45) is 0.408. The number of tetrazole rings is 1. The molecule has 4 aromatic rings. The number of para-hydroxylation sites is 2. The van der Waals surface area contributed by atoms with Crippen molar-refractivity contribution in [3.05, 3.63) is 48.2 Å². The number of rotatable bonds is 6. The molecule has 0 radical (unpaired) electrons. The highest BCUT2D eigenvalue weighted by Crippen LogP contribution is 2.25. The van der Waals surface area contributed by atoms with Gasteiger partial charge in [-0.25, -0.2) is 14.2 Å². The lowest BCUT2D eigenvalue weighted by Crippen LogP contribution is -2.20. The molecule has 3 aromatic heterocycles. The number of benzene rings is 1. The van der Waals surface area contributed by atoms with Crippen molar-refractivity contribution in [1.82, 2.24) is 34.7 Å². The van der Waals surface area contributed by atoms with E-state index in [1.807, 2.05) is 57.2 Å². The van der Waals surface area contributed by atoms with E-state index in [2.05, 4.69) is 30.8 Å². The summed E-state index contributed by atoms with van der Waals surface area (Å²) in [5.74, 6) is 0.899. The smallest absolute Gasteiger partial charge is 0.305 e. The average molecular weight is 420 g/mol. The molecular weight excluding hydrogens is 396 g/mol. The number of imidazole rings is 1. The fourth-order valence-electron chi connectivity index (χ4n) is 3.14. The molecule has 0 saturated heterocycles. The number of hydrogen-bond donors (Lipinski definition) is 1. The Labute approximate surface area is 179 Å². The molecule has 0 bridgehead atoms. The number of carbonyl (C=O) groups is 1. The maximum Gasteiger partial charge on any atom is 0.305 e. The van der Waals surface area contributed by atoms with Crippen LogP contribution in [0.4, 0.5) is 5.82 Å². The van der Waals surface area contributed by atoms with Crippen molar-refractivity contribution < 1.29 is 9.53 Å². The number of ether oxygens (including phenoxy) is 1. The summed E-state index contributed by atoms with van der Waals surface area (Å²) in [4.78, 5) is 21.3. The van der Waals surface area contributed by atoms with Gasteiger partial charge in [0.05, 0.1) is 16.7 Å². The predicted octanol–water partition coefficient (Wildman–Crippen LogP) is 2.90. The first-order valence-corrected chi connectivity index (χ1v) is 9.89. The van der Waals surface area contributed by atoms with Gasteiger partial charge in [0.15, 0.2) is 0 Å². The summed E-state index contributed by atoms with van der Waals surface area (Å²) in [5.41, 5.74) is 2.14. The van der Waals surface area contributed by atoms with Crippen LogP contribution in [0.15, 0.2) is 42.5 Å². The largest absolute Gasteiger partial charge is 0.458 e. The van der Waals surface area contributed by atoms with Gasteiger partial charge in [0.2, 0.25) is 5.91 Å². The molecule has 0 aliphatic carbocycles. The van der Waals surface area contributed by atoms with E-state index in [1.54, 1.807) is 22.4 Å². The van der Waals surface area contributed by atoms with Crippen molar-refractivity contribution in [1.29, 1.82) is 0 Å². The second kappa shape index (κ2) is 8.13. The predicted molar refractivity (Wildman–Crippen MR) is 115 cm³/mol. The molecule has 0 aliphatic rings. The van der Waals surface area contributed by atoms with Gasteiger partial charge >= 0.3 is 6.01 Å². The first-order valence-electron chi connectivity index (χ1n) is 9.89. The number of carbonyl (C=O) groups excluding carboxylic acids is 1. The molecule has 3 heterocycles. The second-order valence-electron chi connectivity index (χ2n) is 8.41. The summed E-state index contributed by atoms with van der Waals surface area (Å²) in [6.45, 7) is 6.21. The molecule has 1 amide bonds. The highest BCUT2D eigenvalue weighted by molar-refractivity contribution is 5.90. The molecule has 31 heavy (non-hydrogen) atoms. The molecule has 160 valence electrons. The fourth-order valence-corrected chi connectivity index (χ4v) is 3.14. The van der Waals surface area contributed by atoms with Gasteiger partial charge in [-0.2, -0.15) is 4.98 Å². The number of aryl methyl sites for hydroxylation is 1. The zero-order chi connectivity index (χ0) is 22.0. The van der Waals surface area contributed by atoms with Crippen molar-refractivity contribution in [2.45, 2.75) is 33.8 Å². The molecule has 4 rings (SSSR count). The van der Waals surface area contributed by atoms with Crippen LogP contribution >= 0.6 is 0 Å². The van der Waals surface area contributed by atoms with E-state index in [0.717, 1.165) is 11.0 Å². The average Bonchev–Trinajstić information content (AvgIpc) is 3.27. The van der Waals surface area contributed by atoms with Crippen molar-refractivity contribution in [3.8, 4) is 12.0 Å². The van der Waals surface area contributed by atoms with Gasteiger partial charge in [-0.1, -0.05) is 44.1 Å². The molecule has 10 heteroatoms. The van der Waals surface area contributed by atoms with Gasteiger partial charge < -0.3 is 10.1 Å². The third kappa shape index (κ3) is 4.68. The van der Waals surface area contributed by atoms with Crippen molar-refractivity contribution >= 4 is 22.8 Å². The van der Waals surface area contributed by atoms with E-state index < -0.39 is 0 Å². The zero-order valence-corrected chi connectivity index (χ0v) is 17.9. The lowest BCUT2D eigenvalue weighted by Gasteiger charge is -2.17. The van der Waals surface area contributed by atoms with Crippen molar-refractivity contribution in [3.63, 3.8) is 0 Å². The molecule has 1 N–H and O–H groups in total. The first-order chi connectivity index (χ1) is 14.8. The van der Waals surface area contributed by atoms with Crippen LogP contribution in [-0.4, -0.2) is 40.6 Å². The van der Waals surface area contributed by atoms with Crippen LogP contribution in [0.1, 0.15) is 32.9 Å². The monoisotopic (exact) mass is 420 g/mol. The molecule has 0 atom stereocenters. The van der Waals surface area contributed by atoms with Crippen LogP contribution in [0.5, 0.6) is 6.01 Å². The minimum atomic E-state index is -0.0986.